The SMILES string of the molecule is CCc1ccc2nc(S(C)(=O)=O)c(S(=O)(=O)NC(=O)Nc3nc(C)cc(OC)n3)n2c1. The lowest BCUT2D eigenvalue weighted by Crippen LogP contribution is -2.36. The molecule has 0 aliphatic rings. The third-order valence-corrected chi connectivity index (χ3v) is 6.58. The van der Waals surface area contributed by atoms with Crippen LogP contribution in [0.1, 0.15) is 18.2 Å². The molecule has 0 atom stereocenters. The van der Waals surface area contributed by atoms with Gasteiger partial charge in [-0.05, 0) is 25.0 Å². The van der Waals surface area contributed by atoms with Crippen LogP contribution < -0.4 is 14.8 Å². The van der Waals surface area contributed by atoms with Gasteiger partial charge in [0.05, 0.1) is 7.11 Å². The molecule has 0 fully saturated rings. The fourth-order valence-electron chi connectivity index (χ4n) is 2.74. The lowest BCUT2D eigenvalue weighted by molar-refractivity contribution is 0.256. The monoisotopic (exact) mass is 468 g/mol. The summed E-state index contributed by atoms with van der Waals surface area (Å²) in [6.45, 7) is 3.48. The first-order valence-electron chi connectivity index (χ1n) is 8.89. The van der Waals surface area contributed by atoms with Crippen molar-refractivity contribution in [3.05, 3.63) is 35.7 Å². The smallest absolute Gasteiger partial charge is 0.335 e. The van der Waals surface area contributed by atoms with Crippen molar-refractivity contribution in [3.63, 3.8) is 0 Å². The Morgan fingerprint density at radius 2 is 1.87 bits per heavy atom. The molecule has 166 valence electrons. The quantitative estimate of drug-likeness (QED) is 0.535. The molecule has 0 bridgehead atoms. The highest BCUT2D eigenvalue weighted by Gasteiger charge is 2.32. The number of rotatable bonds is 6. The van der Waals surface area contributed by atoms with Crippen molar-refractivity contribution in [1.29, 1.82) is 0 Å². The number of methoxy groups -OCH3 is 1. The van der Waals surface area contributed by atoms with Gasteiger partial charge in [-0.2, -0.15) is 13.4 Å². The summed E-state index contributed by atoms with van der Waals surface area (Å²) in [6, 6.07) is 3.53. The Kier molecular flexibility index (Phi) is 5.87. The van der Waals surface area contributed by atoms with Crippen LogP contribution in [0, 0.1) is 6.92 Å². The maximum Gasteiger partial charge on any atom is 0.335 e. The Bertz CT molecular complexity index is 1380. The van der Waals surface area contributed by atoms with Gasteiger partial charge >= 0.3 is 6.03 Å². The van der Waals surface area contributed by atoms with Gasteiger partial charge in [-0.1, -0.05) is 13.0 Å². The molecule has 0 saturated carbocycles. The van der Waals surface area contributed by atoms with Gasteiger partial charge in [-0.15, -0.1) is 0 Å². The van der Waals surface area contributed by atoms with Crippen LogP contribution in [0.5, 0.6) is 5.88 Å². The Balaban J connectivity index is 2.03. The first-order chi connectivity index (χ1) is 14.4. The highest BCUT2D eigenvalue weighted by Crippen LogP contribution is 2.23. The molecule has 0 aliphatic heterocycles. The molecule has 3 aromatic rings. The molecule has 3 rings (SSSR count). The second-order valence-electron chi connectivity index (χ2n) is 6.55. The predicted molar refractivity (Wildman–Crippen MR) is 110 cm³/mol. The molecule has 0 saturated heterocycles. The van der Waals surface area contributed by atoms with Gasteiger partial charge in [0.2, 0.25) is 11.8 Å². The molecule has 14 heteroatoms. The number of carbonyl (C=O) groups excluding carboxylic acids is 1. The summed E-state index contributed by atoms with van der Waals surface area (Å²) in [7, 11) is -7.31. The zero-order chi connectivity index (χ0) is 23.0. The highest BCUT2D eigenvalue weighted by atomic mass is 32.2. The number of sulfone groups is 1. The third kappa shape index (κ3) is 4.74. The number of hydrogen-bond acceptors (Lipinski definition) is 9. The van der Waals surface area contributed by atoms with Crippen LogP contribution in [0.25, 0.3) is 5.65 Å². The van der Waals surface area contributed by atoms with Gasteiger partial charge in [-0.25, -0.2) is 27.9 Å². The van der Waals surface area contributed by atoms with Crippen molar-refractivity contribution < 1.29 is 26.4 Å². The summed E-state index contributed by atoms with van der Waals surface area (Å²) in [5, 5.41) is 0.854. The Hall–Kier alpha value is -3.26. The van der Waals surface area contributed by atoms with Gasteiger partial charge in [0.25, 0.3) is 10.0 Å². The average Bonchev–Trinajstić information content (AvgIpc) is 3.06. The van der Waals surface area contributed by atoms with Gasteiger partial charge in [-0.3, -0.25) is 9.72 Å². The number of nitrogens with one attached hydrogen (secondary N) is 2. The standard InChI is InChI=1S/C17H20N6O6S2/c1-5-11-6-7-12-19-14(30(4,25)26)15(23(12)9-11)31(27,28)22-17(24)21-16-18-10(2)8-13(20-16)29-3/h6-9H,5H2,1-4H3,(H2,18,20,21,22,24). The van der Waals surface area contributed by atoms with Crippen molar-refractivity contribution in [2.45, 2.75) is 30.3 Å². The molecule has 0 aliphatic carbocycles. The van der Waals surface area contributed by atoms with Gasteiger partial charge in [0.15, 0.2) is 19.9 Å². The number of urea groups is 1. The summed E-state index contributed by atoms with van der Waals surface area (Å²) in [5.41, 5.74) is 1.31. The largest absolute Gasteiger partial charge is 0.481 e. The number of pyridine rings is 1. The molecule has 2 amide bonds. The Labute approximate surface area is 178 Å². The molecule has 3 aromatic heterocycles. The molecule has 0 aromatic carbocycles. The second kappa shape index (κ2) is 8.11. The highest BCUT2D eigenvalue weighted by molar-refractivity contribution is 7.93. The summed E-state index contributed by atoms with van der Waals surface area (Å²) in [5.74, 6) is -0.0294. The van der Waals surface area contributed by atoms with Crippen LogP contribution >= 0.6 is 0 Å². The normalized spacial score (nSPS) is 12.0. The summed E-state index contributed by atoms with van der Waals surface area (Å²) in [4.78, 5) is 24.2. The van der Waals surface area contributed by atoms with Crippen LogP contribution in [0.2, 0.25) is 0 Å². The zero-order valence-electron chi connectivity index (χ0n) is 17.1. The predicted octanol–water partition coefficient (Wildman–Crippen LogP) is 0.918. The molecule has 31 heavy (non-hydrogen) atoms. The first-order valence-corrected chi connectivity index (χ1v) is 12.3. The summed E-state index contributed by atoms with van der Waals surface area (Å²) < 4.78 is 58.3. The second-order valence-corrected chi connectivity index (χ2v) is 10.1. The average molecular weight is 469 g/mol. The van der Waals surface area contributed by atoms with E-state index >= 15 is 0 Å². The molecular weight excluding hydrogens is 448 g/mol. The van der Waals surface area contributed by atoms with Crippen LogP contribution in [0.3, 0.4) is 0 Å². The minimum absolute atomic E-state index is 0.102. The maximum atomic E-state index is 13.0. The zero-order valence-corrected chi connectivity index (χ0v) is 18.7. The van der Waals surface area contributed by atoms with Crippen molar-refractivity contribution >= 4 is 37.5 Å². The van der Waals surface area contributed by atoms with E-state index in [2.05, 4.69) is 20.3 Å². The molecule has 2 N–H and O–H groups in total. The number of aromatic nitrogens is 4. The van der Waals surface area contributed by atoms with E-state index in [-0.39, 0.29) is 17.5 Å². The van der Waals surface area contributed by atoms with Gasteiger partial charge in [0, 0.05) is 24.2 Å². The molecule has 12 nitrogen and oxygen atoms in total. The topological polar surface area (TPSA) is 162 Å². The molecule has 0 radical (unpaired) electrons. The number of nitrogens with zero attached hydrogens (tertiary/aromatic N) is 4. The fraction of sp³-hybridized carbons (Fsp3) is 0.294. The number of imidazole rings is 1. The lowest BCUT2D eigenvalue weighted by atomic mass is 10.2. The number of hydrogen-bond donors (Lipinski definition) is 2. The molecule has 0 unspecified atom stereocenters. The number of amides is 2. The molecular formula is C17H20N6O6S2. The van der Waals surface area contributed by atoms with Crippen LogP contribution in [0.15, 0.2) is 34.4 Å². The number of sulfonamides is 1. The number of fused-ring (bicyclic) bond motifs is 1. The van der Waals surface area contributed by atoms with Crippen molar-refractivity contribution in [2.75, 3.05) is 18.7 Å². The van der Waals surface area contributed by atoms with Crippen LogP contribution in [0.4, 0.5) is 10.7 Å². The van der Waals surface area contributed by atoms with E-state index in [1.54, 1.807) is 17.7 Å². The minimum Gasteiger partial charge on any atom is -0.481 e. The first kappa shape index (κ1) is 22.4. The Morgan fingerprint density at radius 1 is 1.16 bits per heavy atom. The van der Waals surface area contributed by atoms with Gasteiger partial charge < -0.3 is 4.74 Å². The van der Waals surface area contributed by atoms with E-state index in [9.17, 15) is 21.6 Å². The summed E-state index contributed by atoms with van der Waals surface area (Å²) >= 11 is 0. The summed E-state index contributed by atoms with van der Waals surface area (Å²) in [6.07, 6.45) is 2.86. The van der Waals surface area contributed by atoms with Crippen LogP contribution in [-0.2, 0) is 26.3 Å². The van der Waals surface area contributed by atoms with E-state index in [4.69, 9.17) is 4.74 Å². The lowest BCUT2D eigenvalue weighted by Gasteiger charge is -2.10. The van der Waals surface area contributed by atoms with Gasteiger partial charge in [0.1, 0.15) is 5.65 Å². The number of anilines is 1. The number of carbonyl (C=O) groups is 1. The van der Waals surface area contributed by atoms with Crippen molar-refractivity contribution in [1.82, 2.24) is 24.1 Å². The van der Waals surface area contributed by atoms with E-state index in [1.807, 2.05) is 6.92 Å². The maximum absolute atomic E-state index is 13.0. The van der Waals surface area contributed by atoms with E-state index in [0.29, 0.717) is 12.1 Å². The van der Waals surface area contributed by atoms with Crippen molar-refractivity contribution in [3.8, 4) is 5.88 Å². The number of aryl methyl sites for hydroxylation is 2. The Morgan fingerprint density at radius 3 is 2.48 bits per heavy atom. The third-order valence-electron chi connectivity index (χ3n) is 4.11. The number of ether oxygens (including phenoxy) is 1. The van der Waals surface area contributed by atoms with E-state index in [1.165, 1.54) is 25.4 Å². The fourth-order valence-corrected chi connectivity index (χ4v) is 5.27. The molecule has 3 heterocycles. The molecule has 0 spiro atoms. The van der Waals surface area contributed by atoms with Crippen molar-refractivity contribution in [2.24, 2.45) is 0 Å². The van der Waals surface area contributed by atoms with Crippen LogP contribution in [-0.4, -0.2) is 55.6 Å². The minimum atomic E-state index is -4.66. The van der Waals surface area contributed by atoms with E-state index < -0.39 is 35.9 Å². The van der Waals surface area contributed by atoms with E-state index in [0.717, 1.165) is 16.2 Å².